The Balaban J connectivity index is 1.62. The lowest BCUT2D eigenvalue weighted by Gasteiger charge is -2.22. The van der Waals surface area contributed by atoms with E-state index < -0.39 is 0 Å². The van der Waals surface area contributed by atoms with Crippen LogP contribution < -0.4 is 10.7 Å². The van der Waals surface area contributed by atoms with Gasteiger partial charge in [0.05, 0.1) is 59.6 Å². The fourth-order valence-corrected chi connectivity index (χ4v) is 5.68. The van der Waals surface area contributed by atoms with E-state index in [9.17, 15) is 0 Å². The molecule has 1 fully saturated rings. The Kier molecular flexibility index (Phi) is 7.24. The molecule has 1 heterocycles. The highest BCUT2D eigenvalue weighted by molar-refractivity contribution is 6.42. The lowest BCUT2D eigenvalue weighted by molar-refractivity contribution is 0.437. The van der Waals surface area contributed by atoms with Crippen molar-refractivity contribution in [2.75, 3.05) is 5.32 Å². The molecule has 2 aliphatic carbocycles. The molecule has 1 saturated carbocycles. The highest BCUT2D eigenvalue weighted by atomic mass is 35.5. The van der Waals surface area contributed by atoms with Gasteiger partial charge >= 0.3 is 0 Å². The van der Waals surface area contributed by atoms with Crippen molar-refractivity contribution < 1.29 is 0 Å². The van der Waals surface area contributed by atoms with Gasteiger partial charge in [-0.3, -0.25) is 4.99 Å². The van der Waals surface area contributed by atoms with E-state index in [4.69, 9.17) is 56.4 Å². The van der Waals surface area contributed by atoms with Crippen LogP contribution in [0, 0.1) is 0 Å². The molecule has 3 aromatic carbocycles. The molecule has 1 N–H and O–H groups in total. The summed E-state index contributed by atoms with van der Waals surface area (Å²) in [6, 6.07) is 23.7. The third-order valence-electron chi connectivity index (χ3n) is 6.95. The molecule has 8 heteroatoms. The number of anilines is 2. The van der Waals surface area contributed by atoms with Gasteiger partial charge in [0, 0.05) is 11.4 Å². The Morgan fingerprint density at radius 3 is 2.26 bits per heavy atom. The Morgan fingerprint density at radius 2 is 1.50 bits per heavy atom. The van der Waals surface area contributed by atoms with Gasteiger partial charge in [0.1, 0.15) is 0 Å². The number of fused-ring (bicyclic) bond motifs is 2. The zero-order valence-electron chi connectivity index (χ0n) is 20.4. The summed E-state index contributed by atoms with van der Waals surface area (Å²) in [5, 5.41) is 6.41. The summed E-state index contributed by atoms with van der Waals surface area (Å²) >= 11 is 25.2. The second kappa shape index (κ2) is 10.8. The second-order valence-corrected chi connectivity index (χ2v) is 11.2. The van der Waals surface area contributed by atoms with E-state index in [0.717, 1.165) is 57.7 Å². The van der Waals surface area contributed by atoms with Crippen LogP contribution >= 0.6 is 46.4 Å². The minimum Gasteiger partial charge on any atom is -0.354 e. The van der Waals surface area contributed by atoms with Crippen LogP contribution in [0.2, 0.25) is 20.1 Å². The van der Waals surface area contributed by atoms with Crippen molar-refractivity contribution in [3.63, 3.8) is 0 Å². The number of benzene rings is 4. The summed E-state index contributed by atoms with van der Waals surface area (Å²) in [7, 11) is 0. The van der Waals surface area contributed by atoms with Crippen LogP contribution in [-0.2, 0) is 0 Å². The number of hydrogen-bond acceptors (Lipinski definition) is 3. The molecule has 0 atom stereocenters. The van der Waals surface area contributed by atoms with Crippen molar-refractivity contribution in [3.8, 4) is 17.1 Å². The molecule has 3 aromatic rings. The molecule has 4 nitrogen and oxygen atoms in total. The van der Waals surface area contributed by atoms with E-state index >= 15 is 0 Å². The average molecular weight is 582 g/mol. The highest BCUT2D eigenvalue weighted by Crippen LogP contribution is 2.34. The number of nitrogens with zero attached hydrogens (tertiary/aromatic N) is 3. The van der Waals surface area contributed by atoms with E-state index in [0.29, 0.717) is 20.1 Å². The molecule has 0 aromatic heterocycles. The van der Waals surface area contributed by atoms with Crippen molar-refractivity contribution in [3.05, 3.63) is 98.2 Å². The molecule has 38 heavy (non-hydrogen) atoms. The van der Waals surface area contributed by atoms with E-state index in [1.807, 2.05) is 48.5 Å². The number of halogens is 4. The fourth-order valence-electron chi connectivity index (χ4n) is 5.09. The maximum atomic E-state index is 6.46. The van der Waals surface area contributed by atoms with Gasteiger partial charge in [-0.25, -0.2) is 4.98 Å². The molecule has 6 rings (SSSR count). The third-order valence-corrected chi connectivity index (χ3v) is 8.43. The van der Waals surface area contributed by atoms with Crippen LogP contribution in [0.1, 0.15) is 32.1 Å². The molecule has 1 aliphatic heterocycles. The molecule has 192 valence electrons. The van der Waals surface area contributed by atoms with Gasteiger partial charge in [-0.2, -0.15) is 0 Å². The first kappa shape index (κ1) is 25.5. The normalized spacial score (nSPS) is 14.9. The van der Waals surface area contributed by atoms with Gasteiger partial charge in [-0.15, -0.1) is 0 Å². The van der Waals surface area contributed by atoms with Gasteiger partial charge < -0.3 is 9.88 Å². The Morgan fingerprint density at radius 1 is 0.763 bits per heavy atom. The SMILES string of the molecule is Clc1ccc(Nc2cc3nc4ccccc4n(-c4ccc(Cl)c(Cl)c4)c-3c/c2=N\C2CCCCC2)cc1Cl. The van der Waals surface area contributed by atoms with Gasteiger partial charge in [0.15, 0.2) is 0 Å². The van der Waals surface area contributed by atoms with Crippen LogP contribution in [0.25, 0.3) is 28.1 Å². The molecule has 0 bridgehead atoms. The van der Waals surface area contributed by atoms with Crippen LogP contribution in [0.15, 0.2) is 77.8 Å². The van der Waals surface area contributed by atoms with Crippen LogP contribution in [0.3, 0.4) is 0 Å². The molecule has 0 amide bonds. The first-order chi connectivity index (χ1) is 18.5. The maximum Gasteiger partial charge on any atom is 0.0900 e. The van der Waals surface area contributed by atoms with Gasteiger partial charge in [0.25, 0.3) is 0 Å². The standard InChI is InChI=1S/C30H24Cl4N4/c31-21-12-10-19(14-23(21)33)36-26-16-28-30(17-27(26)35-18-6-2-1-3-7-18)38(20-11-13-22(32)24(34)15-20)29-9-5-4-8-25(29)37-28/h4-5,8-18,36H,1-3,6-7H2/b35-27+. The zero-order valence-corrected chi connectivity index (χ0v) is 23.4. The monoisotopic (exact) mass is 580 g/mol. The topological polar surface area (TPSA) is 42.2 Å². The smallest absolute Gasteiger partial charge is 0.0900 e. The van der Waals surface area contributed by atoms with Crippen molar-refractivity contribution in [2.45, 2.75) is 38.1 Å². The quantitative estimate of drug-likeness (QED) is 0.215. The predicted molar refractivity (Wildman–Crippen MR) is 160 cm³/mol. The molecule has 3 aliphatic rings. The van der Waals surface area contributed by atoms with Crippen molar-refractivity contribution in [1.82, 2.24) is 9.55 Å². The Bertz CT molecular complexity index is 1690. The second-order valence-electron chi connectivity index (χ2n) is 9.57. The van der Waals surface area contributed by atoms with E-state index in [-0.39, 0.29) is 6.04 Å². The number of para-hydroxylation sites is 2. The third kappa shape index (κ3) is 5.11. The van der Waals surface area contributed by atoms with Crippen molar-refractivity contribution in [1.29, 1.82) is 0 Å². The molecule has 0 unspecified atom stereocenters. The summed E-state index contributed by atoms with van der Waals surface area (Å²) in [6.45, 7) is 0. The molecular formula is C30H24Cl4N4. The lowest BCUT2D eigenvalue weighted by atomic mass is 9.96. The summed E-state index contributed by atoms with van der Waals surface area (Å²) in [5.74, 6) is 0. The van der Waals surface area contributed by atoms with Crippen molar-refractivity contribution in [2.24, 2.45) is 4.99 Å². The Labute approximate surface area is 241 Å². The maximum absolute atomic E-state index is 6.46. The molecule has 0 radical (unpaired) electrons. The Hall–Kier alpha value is -2.76. The first-order valence-electron chi connectivity index (χ1n) is 12.6. The zero-order chi connectivity index (χ0) is 26.2. The lowest BCUT2D eigenvalue weighted by Crippen LogP contribution is -2.19. The van der Waals surface area contributed by atoms with Crippen LogP contribution in [0.4, 0.5) is 11.4 Å². The van der Waals surface area contributed by atoms with E-state index in [1.54, 1.807) is 6.07 Å². The predicted octanol–water partition coefficient (Wildman–Crippen LogP) is 9.72. The van der Waals surface area contributed by atoms with Gasteiger partial charge in [-0.05, 0) is 73.5 Å². The summed E-state index contributed by atoms with van der Waals surface area (Å²) in [6.07, 6.45) is 5.85. The summed E-state index contributed by atoms with van der Waals surface area (Å²) in [4.78, 5) is 10.3. The minimum absolute atomic E-state index is 0.280. The summed E-state index contributed by atoms with van der Waals surface area (Å²) in [5.41, 5.74) is 6.17. The van der Waals surface area contributed by atoms with E-state index in [2.05, 4.69) is 28.1 Å². The molecular weight excluding hydrogens is 558 g/mol. The molecule has 0 saturated heterocycles. The van der Waals surface area contributed by atoms with Crippen molar-refractivity contribution >= 4 is 68.8 Å². The van der Waals surface area contributed by atoms with Crippen LogP contribution in [-0.4, -0.2) is 15.6 Å². The number of aromatic nitrogens is 2. The van der Waals surface area contributed by atoms with Gasteiger partial charge in [-0.1, -0.05) is 77.8 Å². The highest BCUT2D eigenvalue weighted by Gasteiger charge is 2.19. The number of hydrogen-bond donors (Lipinski definition) is 1. The first-order valence-corrected chi connectivity index (χ1v) is 14.1. The number of rotatable bonds is 4. The van der Waals surface area contributed by atoms with Gasteiger partial charge in [0.2, 0.25) is 0 Å². The summed E-state index contributed by atoms with van der Waals surface area (Å²) < 4.78 is 2.17. The van der Waals surface area contributed by atoms with E-state index in [1.165, 1.54) is 19.3 Å². The van der Waals surface area contributed by atoms with Crippen LogP contribution in [0.5, 0.6) is 0 Å². The fraction of sp³-hybridized carbons (Fsp3) is 0.200. The minimum atomic E-state index is 0.280. The molecule has 0 spiro atoms. The average Bonchev–Trinajstić information content (AvgIpc) is 2.92. The number of nitrogens with one attached hydrogen (secondary N) is 1. The largest absolute Gasteiger partial charge is 0.354 e.